The van der Waals surface area contributed by atoms with Gasteiger partial charge in [0.25, 0.3) is 5.56 Å². The molecule has 2 aromatic heterocycles. The zero-order chi connectivity index (χ0) is 17.4. The van der Waals surface area contributed by atoms with Crippen molar-refractivity contribution in [2.75, 3.05) is 0 Å². The van der Waals surface area contributed by atoms with Crippen molar-refractivity contribution in [3.63, 3.8) is 0 Å². The zero-order valence-electron chi connectivity index (χ0n) is 13.3. The van der Waals surface area contributed by atoms with E-state index in [0.29, 0.717) is 11.1 Å². The molecule has 0 saturated heterocycles. The van der Waals surface area contributed by atoms with Crippen molar-refractivity contribution in [3.05, 3.63) is 55.9 Å². The van der Waals surface area contributed by atoms with Crippen LogP contribution in [0.25, 0.3) is 10.2 Å². The Morgan fingerprint density at radius 3 is 2.80 bits per heavy atom. The predicted octanol–water partition coefficient (Wildman–Crippen LogP) is 3.70. The molecule has 4 rings (SSSR count). The number of thiophene rings is 1. The number of aryl methyl sites for hydroxylation is 2. The first-order valence-corrected chi connectivity index (χ1v) is 9.69. The third-order valence-corrected chi connectivity index (χ3v) is 6.02. The molecule has 0 radical (unpaired) electrons. The number of carbonyl (C=O) groups excluding carboxylic acids is 1. The Balaban J connectivity index is 1.61. The molecule has 128 valence electrons. The van der Waals surface area contributed by atoms with Crippen molar-refractivity contribution in [3.8, 4) is 5.75 Å². The minimum absolute atomic E-state index is 0.150. The van der Waals surface area contributed by atoms with E-state index in [1.54, 1.807) is 35.6 Å². The average Bonchev–Trinajstić information content (AvgIpc) is 2.99. The highest BCUT2D eigenvalue weighted by Crippen LogP contribution is 2.33. The SMILES string of the molecule is O=C(Cn1cnc2sc3c(c2c1=O)CCCC3)Oc1ccc(Br)cc1. The Labute approximate surface area is 156 Å². The molecular formula is C18H15BrN2O3S. The fourth-order valence-corrected chi connectivity index (χ4v) is 4.58. The molecule has 1 aliphatic rings. The Hall–Kier alpha value is -1.99. The van der Waals surface area contributed by atoms with Crippen molar-refractivity contribution in [2.24, 2.45) is 0 Å². The maximum absolute atomic E-state index is 12.8. The minimum atomic E-state index is -0.491. The summed E-state index contributed by atoms with van der Waals surface area (Å²) >= 11 is 4.93. The largest absolute Gasteiger partial charge is 0.425 e. The van der Waals surface area contributed by atoms with Crippen molar-refractivity contribution in [2.45, 2.75) is 32.2 Å². The number of fused-ring (bicyclic) bond motifs is 3. The normalized spacial score (nSPS) is 13.6. The number of aromatic nitrogens is 2. The van der Waals surface area contributed by atoms with Crippen LogP contribution in [0.2, 0.25) is 0 Å². The van der Waals surface area contributed by atoms with Gasteiger partial charge < -0.3 is 4.74 Å². The van der Waals surface area contributed by atoms with E-state index in [0.717, 1.165) is 40.5 Å². The number of rotatable bonds is 3. The second-order valence-electron chi connectivity index (χ2n) is 6.00. The molecule has 0 N–H and O–H groups in total. The second-order valence-corrected chi connectivity index (χ2v) is 8.00. The standard InChI is InChI=1S/C18H15BrN2O3S/c19-11-5-7-12(8-6-11)24-15(22)9-21-10-20-17-16(18(21)23)13-3-1-2-4-14(13)25-17/h5-8,10H,1-4,9H2. The highest BCUT2D eigenvalue weighted by Gasteiger charge is 2.20. The molecule has 0 aliphatic heterocycles. The lowest BCUT2D eigenvalue weighted by Gasteiger charge is -2.10. The van der Waals surface area contributed by atoms with Gasteiger partial charge in [-0.15, -0.1) is 11.3 Å². The maximum atomic E-state index is 12.8. The summed E-state index contributed by atoms with van der Waals surface area (Å²) in [6.45, 7) is -0.150. The smallest absolute Gasteiger partial charge is 0.331 e. The minimum Gasteiger partial charge on any atom is -0.425 e. The van der Waals surface area contributed by atoms with Gasteiger partial charge in [0.05, 0.1) is 11.7 Å². The number of benzene rings is 1. The van der Waals surface area contributed by atoms with Crippen LogP contribution in [0.3, 0.4) is 0 Å². The van der Waals surface area contributed by atoms with Gasteiger partial charge in [-0.25, -0.2) is 9.78 Å². The molecule has 0 saturated carbocycles. The van der Waals surface area contributed by atoms with E-state index in [2.05, 4.69) is 20.9 Å². The van der Waals surface area contributed by atoms with E-state index < -0.39 is 5.97 Å². The molecule has 1 aliphatic carbocycles. The van der Waals surface area contributed by atoms with E-state index >= 15 is 0 Å². The molecule has 0 spiro atoms. The van der Waals surface area contributed by atoms with Gasteiger partial charge in [-0.2, -0.15) is 0 Å². The molecule has 1 aromatic carbocycles. The van der Waals surface area contributed by atoms with E-state index in [4.69, 9.17) is 4.74 Å². The summed E-state index contributed by atoms with van der Waals surface area (Å²) in [5, 5.41) is 0.679. The summed E-state index contributed by atoms with van der Waals surface area (Å²) in [5.41, 5.74) is 0.969. The molecule has 7 heteroatoms. The number of carbonyl (C=O) groups is 1. The number of esters is 1. The third-order valence-electron chi connectivity index (χ3n) is 4.29. The lowest BCUT2D eigenvalue weighted by Crippen LogP contribution is -2.27. The van der Waals surface area contributed by atoms with E-state index in [1.807, 2.05) is 0 Å². The topological polar surface area (TPSA) is 61.2 Å². The van der Waals surface area contributed by atoms with Gasteiger partial charge >= 0.3 is 5.97 Å². The molecule has 0 amide bonds. The molecule has 0 fully saturated rings. The Morgan fingerprint density at radius 2 is 2.00 bits per heavy atom. The van der Waals surface area contributed by atoms with Gasteiger partial charge in [0.2, 0.25) is 0 Å². The number of nitrogens with zero attached hydrogens (tertiary/aromatic N) is 2. The quantitative estimate of drug-likeness (QED) is 0.480. The van der Waals surface area contributed by atoms with Crippen LogP contribution in [-0.4, -0.2) is 15.5 Å². The Morgan fingerprint density at radius 1 is 1.24 bits per heavy atom. The molecular weight excluding hydrogens is 404 g/mol. The zero-order valence-corrected chi connectivity index (χ0v) is 15.7. The van der Waals surface area contributed by atoms with E-state index in [1.165, 1.54) is 15.8 Å². The summed E-state index contributed by atoms with van der Waals surface area (Å²) < 4.78 is 7.53. The van der Waals surface area contributed by atoms with E-state index in [9.17, 15) is 9.59 Å². The van der Waals surface area contributed by atoms with Gasteiger partial charge in [0.15, 0.2) is 0 Å². The van der Waals surface area contributed by atoms with Crippen molar-refractivity contribution >= 4 is 43.5 Å². The highest BCUT2D eigenvalue weighted by atomic mass is 79.9. The van der Waals surface area contributed by atoms with Crippen LogP contribution in [0.5, 0.6) is 5.75 Å². The molecule has 0 unspecified atom stereocenters. The maximum Gasteiger partial charge on any atom is 0.331 e. The van der Waals surface area contributed by atoms with Gasteiger partial charge in [0, 0.05) is 9.35 Å². The molecule has 5 nitrogen and oxygen atoms in total. The van der Waals surface area contributed by atoms with Gasteiger partial charge in [0.1, 0.15) is 17.1 Å². The lowest BCUT2D eigenvalue weighted by atomic mass is 9.97. The van der Waals surface area contributed by atoms with Crippen molar-refractivity contribution in [1.82, 2.24) is 9.55 Å². The average molecular weight is 419 g/mol. The molecule has 3 aromatic rings. The van der Waals surface area contributed by atoms with Crippen LogP contribution in [0.15, 0.2) is 39.9 Å². The summed E-state index contributed by atoms with van der Waals surface area (Å²) in [5.74, 6) is -0.0436. The molecule has 2 heterocycles. The van der Waals surface area contributed by atoms with Crippen molar-refractivity contribution < 1.29 is 9.53 Å². The fourth-order valence-electron chi connectivity index (χ4n) is 3.10. The predicted molar refractivity (Wildman–Crippen MR) is 100 cm³/mol. The first-order valence-electron chi connectivity index (χ1n) is 8.08. The summed E-state index contributed by atoms with van der Waals surface area (Å²) in [6.07, 6.45) is 5.63. The Kier molecular flexibility index (Phi) is 4.43. The van der Waals surface area contributed by atoms with Crippen LogP contribution in [0.1, 0.15) is 23.3 Å². The fraction of sp³-hybridized carbons (Fsp3) is 0.278. The molecule has 0 bridgehead atoms. The van der Waals surface area contributed by atoms with Crippen LogP contribution in [-0.2, 0) is 24.2 Å². The number of ether oxygens (including phenoxy) is 1. The molecule has 0 atom stereocenters. The summed E-state index contributed by atoms with van der Waals surface area (Å²) in [4.78, 5) is 31.4. The number of hydrogen-bond donors (Lipinski definition) is 0. The Bertz CT molecular complexity index is 1010. The van der Waals surface area contributed by atoms with Crippen LogP contribution >= 0.6 is 27.3 Å². The summed E-state index contributed by atoms with van der Waals surface area (Å²) in [6, 6.07) is 6.98. The highest BCUT2D eigenvalue weighted by molar-refractivity contribution is 9.10. The monoisotopic (exact) mass is 418 g/mol. The van der Waals surface area contributed by atoms with Crippen LogP contribution in [0.4, 0.5) is 0 Å². The van der Waals surface area contributed by atoms with E-state index in [-0.39, 0.29) is 12.1 Å². The summed E-state index contributed by atoms with van der Waals surface area (Å²) in [7, 11) is 0. The van der Waals surface area contributed by atoms with Crippen LogP contribution < -0.4 is 10.3 Å². The number of hydrogen-bond acceptors (Lipinski definition) is 5. The third kappa shape index (κ3) is 3.26. The van der Waals surface area contributed by atoms with Crippen molar-refractivity contribution in [1.29, 1.82) is 0 Å². The van der Waals surface area contributed by atoms with Gasteiger partial charge in [-0.05, 0) is 55.5 Å². The first-order chi connectivity index (χ1) is 12.1. The lowest BCUT2D eigenvalue weighted by molar-refractivity contribution is -0.135. The first kappa shape index (κ1) is 16.5. The molecule has 25 heavy (non-hydrogen) atoms. The second kappa shape index (κ2) is 6.72. The van der Waals surface area contributed by atoms with Gasteiger partial charge in [-0.3, -0.25) is 9.36 Å². The number of halogens is 1. The van der Waals surface area contributed by atoms with Gasteiger partial charge in [-0.1, -0.05) is 15.9 Å². The van der Waals surface area contributed by atoms with Crippen LogP contribution in [0, 0.1) is 0 Å².